The monoisotopic (exact) mass is 323 g/mol. The highest BCUT2D eigenvalue weighted by Gasteiger charge is 2.13. The molecule has 0 atom stereocenters. The van der Waals surface area contributed by atoms with Gasteiger partial charge in [0.15, 0.2) is 5.82 Å². The molecule has 3 rings (SSSR count). The van der Waals surface area contributed by atoms with Gasteiger partial charge in [-0.3, -0.25) is 4.79 Å². The molecule has 0 spiro atoms. The number of thiophene rings is 1. The third kappa shape index (κ3) is 2.74. The molecule has 23 heavy (non-hydrogen) atoms. The van der Waals surface area contributed by atoms with Crippen LogP contribution in [0.1, 0.15) is 21.8 Å². The minimum absolute atomic E-state index is 0.109. The second kappa shape index (κ2) is 5.71. The Hall–Kier alpha value is -2.91. The number of phenolic OH excluding ortho intramolecular Hbond substituents is 1. The summed E-state index contributed by atoms with van der Waals surface area (Å²) in [7, 11) is 0. The molecule has 0 aliphatic heterocycles. The third-order valence-electron chi connectivity index (χ3n) is 3.60. The van der Waals surface area contributed by atoms with Gasteiger partial charge in [-0.1, -0.05) is 12.1 Å². The zero-order chi connectivity index (χ0) is 16.6. The molecule has 0 aliphatic carbocycles. The molecule has 2 N–H and O–H groups in total. The van der Waals surface area contributed by atoms with Crippen molar-refractivity contribution in [2.45, 2.75) is 13.8 Å². The van der Waals surface area contributed by atoms with Gasteiger partial charge in [0.25, 0.3) is 5.56 Å². The maximum atomic E-state index is 12.3. The highest BCUT2D eigenvalue weighted by molar-refractivity contribution is 7.18. The number of hydrogen-bond acceptors (Lipinski definition) is 5. The predicted molar refractivity (Wildman–Crippen MR) is 91.3 cm³/mol. The molecule has 3 aromatic rings. The number of allylic oxidation sites excluding steroid dienone is 1. The van der Waals surface area contributed by atoms with Crippen LogP contribution in [0.15, 0.2) is 29.1 Å². The van der Waals surface area contributed by atoms with Crippen LogP contribution in [0.3, 0.4) is 0 Å². The minimum Gasteiger partial charge on any atom is -0.508 e. The Morgan fingerprint density at radius 2 is 2.22 bits per heavy atom. The number of nitrogens with one attached hydrogen (secondary N) is 1. The molecule has 5 nitrogen and oxygen atoms in total. The van der Waals surface area contributed by atoms with Crippen molar-refractivity contribution >= 4 is 33.2 Å². The van der Waals surface area contributed by atoms with Gasteiger partial charge < -0.3 is 10.1 Å². The van der Waals surface area contributed by atoms with Crippen LogP contribution in [0.5, 0.6) is 5.75 Å². The number of aryl methyl sites for hydroxylation is 2. The van der Waals surface area contributed by atoms with E-state index in [1.165, 1.54) is 17.4 Å². The van der Waals surface area contributed by atoms with Crippen molar-refractivity contribution in [2.75, 3.05) is 0 Å². The molecule has 2 heterocycles. The lowest BCUT2D eigenvalue weighted by Crippen LogP contribution is -2.10. The minimum atomic E-state index is -0.246. The molecule has 0 aliphatic rings. The number of H-pyrrole nitrogens is 1. The van der Waals surface area contributed by atoms with E-state index in [2.05, 4.69) is 16.0 Å². The average molecular weight is 323 g/mol. The van der Waals surface area contributed by atoms with Crippen LogP contribution in [0.25, 0.3) is 21.9 Å². The van der Waals surface area contributed by atoms with Crippen LogP contribution in [0.2, 0.25) is 0 Å². The molecule has 1 aromatic carbocycles. The van der Waals surface area contributed by atoms with Gasteiger partial charge in [0.1, 0.15) is 16.6 Å². The summed E-state index contributed by atoms with van der Waals surface area (Å²) in [6.07, 6.45) is 1.58. The van der Waals surface area contributed by atoms with Crippen LogP contribution < -0.4 is 5.56 Å². The Balaban J connectivity index is 2.18. The molecule has 0 saturated heterocycles. The van der Waals surface area contributed by atoms with E-state index in [0.717, 1.165) is 10.4 Å². The van der Waals surface area contributed by atoms with Crippen molar-refractivity contribution < 1.29 is 5.11 Å². The fourth-order valence-corrected chi connectivity index (χ4v) is 3.35. The number of nitrogens with zero attached hydrogens (tertiary/aromatic N) is 2. The SMILES string of the molecule is Cc1sc2nc(C(C#N)=Cc3cccc(O)c3)[nH]c(=O)c2c1C. The van der Waals surface area contributed by atoms with Crippen LogP contribution >= 0.6 is 11.3 Å². The van der Waals surface area contributed by atoms with E-state index in [4.69, 9.17) is 0 Å². The van der Waals surface area contributed by atoms with Crippen molar-refractivity contribution in [3.8, 4) is 11.8 Å². The maximum absolute atomic E-state index is 12.3. The molecule has 0 amide bonds. The second-order valence-corrected chi connectivity index (χ2v) is 6.35. The Kier molecular flexibility index (Phi) is 3.72. The van der Waals surface area contributed by atoms with Gasteiger partial charge in [-0.25, -0.2) is 4.98 Å². The first-order valence-electron chi connectivity index (χ1n) is 6.91. The summed E-state index contributed by atoms with van der Waals surface area (Å²) in [5.41, 5.74) is 1.56. The molecule has 0 radical (unpaired) electrons. The number of aromatic amines is 1. The van der Waals surface area contributed by atoms with E-state index in [1.807, 2.05) is 13.8 Å². The standard InChI is InChI=1S/C17H13N3O2S/c1-9-10(2)23-17-14(9)16(22)19-15(20-17)12(8-18)6-11-4-3-5-13(21)7-11/h3-7,21H,1-2H3,(H,19,20,22). The van der Waals surface area contributed by atoms with Gasteiger partial charge in [0.05, 0.1) is 11.0 Å². The molecule has 0 saturated carbocycles. The van der Waals surface area contributed by atoms with Gasteiger partial charge in [0, 0.05) is 4.88 Å². The Morgan fingerprint density at radius 1 is 1.43 bits per heavy atom. The van der Waals surface area contributed by atoms with Gasteiger partial charge in [-0.05, 0) is 43.2 Å². The lowest BCUT2D eigenvalue weighted by atomic mass is 10.1. The molecule has 2 aromatic heterocycles. The average Bonchev–Trinajstić information content (AvgIpc) is 2.80. The van der Waals surface area contributed by atoms with E-state index in [0.29, 0.717) is 15.8 Å². The zero-order valence-corrected chi connectivity index (χ0v) is 13.4. The summed E-state index contributed by atoms with van der Waals surface area (Å²) in [4.78, 5) is 21.0. The number of hydrogen-bond donors (Lipinski definition) is 2. The summed E-state index contributed by atoms with van der Waals surface area (Å²) < 4.78 is 0. The van der Waals surface area contributed by atoms with Gasteiger partial charge in [-0.2, -0.15) is 5.26 Å². The molecular formula is C17H13N3O2S. The smallest absolute Gasteiger partial charge is 0.260 e. The first kappa shape index (κ1) is 15.0. The quantitative estimate of drug-likeness (QED) is 0.708. The molecule has 114 valence electrons. The van der Waals surface area contributed by atoms with E-state index in [-0.39, 0.29) is 22.7 Å². The van der Waals surface area contributed by atoms with Gasteiger partial charge >= 0.3 is 0 Å². The lowest BCUT2D eigenvalue weighted by molar-refractivity contribution is 0.475. The van der Waals surface area contributed by atoms with Gasteiger partial charge in [0.2, 0.25) is 0 Å². The Bertz CT molecular complexity index is 1040. The topological polar surface area (TPSA) is 89.8 Å². The number of benzene rings is 1. The summed E-state index contributed by atoms with van der Waals surface area (Å²) in [6.45, 7) is 3.83. The summed E-state index contributed by atoms with van der Waals surface area (Å²) >= 11 is 1.44. The molecule has 0 fully saturated rings. The van der Waals surface area contributed by atoms with Crippen LogP contribution in [-0.4, -0.2) is 15.1 Å². The van der Waals surface area contributed by atoms with E-state index in [9.17, 15) is 15.2 Å². The number of fused-ring (bicyclic) bond motifs is 1. The highest BCUT2D eigenvalue weighted by atomic mass is 32.1. The Morgan fingerprint density at radius 3 is 2.91 bits per heavy atom. The van der Waals surface area contributed by atoms with E-state index >= 15 is 0 Å². The first-order valence-corrected chi connectivity index (χ1v) is 7.72. The molecule has 0 unspecified atom stereocenters. The number of aromatic hydroxyl groups is 1. The third-order valence-corrected chi connectivity index (χ3v) is 4.70. The van der Waals surface area contributed by atoms with Crippen LogP contribution in [-0.2, 0) is 0 Å². The Labute approximate surface area is 136 Å². The molecular weight excluding hydrogens is 310 g/mol. The van der Waals surface area contributed by atoms with E-state index in [1.54, 1.807) is 24.3 Å². The fourth-order valence-electron chi connectivity index (χ4n) is 2.32. The summed E-state index contributed by atoms with van der Waals surface area (Å²) in [5, 5.41) is 19.5. The van der Waals surface area contributed by atoms with Crippen molar-refractivity contribution in [1.82, 2.24) is 9.97 Å². The summed E-state index contributed by atoms with van der Waals surface area (Å²) in [5.74, 6) is 0.340. The van der Waals surface area contributed by atoms with Gasteiger partial charge in [-0.15, -0.1) is 11.3 Å². The van der Waals surface area contributed by atoms with Crippen LogP contribution in [0, 0.1) is 25.2 Å². The number of nitriles is 1. The van der Waals surface area contributed by atoms with E-state index < -0.39 is 0 Å². The molecule has 0 bridgehead atoms. The first-order chi connectivity index (χ1) is 11.0. The van der Waals surface area contributed by atoms with Crippen molar-refractivity contribution in [3.63, 3.8) is 0 Å². The molecule has 6 heteroatoms. The largest absolute Gasteiger partial charge is 0.508 e. The number of rotatable bonds is 2. The number of phenols is 1. The predicted octanol–water partition coefficient (Wildman–Crippen LogP) is 3.37. The normalized spacial score (nSPS) is 11.6. The second-order valence-electron chi connectivity index (χ2n) is 5.14. The van der Waals surface area contributed by atoms with Crippen LogP contribution in [0.4, 0.5) is 0 Å². The zero-order valence-electron chi connectivity index (χ0n) is 12.5. The number of aromatic nitrogens is 2. The summed E-state index contributed by atoms with van der Waals surface area (Å²) in [6, 6.07) is 8.57. The van der Waals surface area contributed by atoms with Crippen molar-refractivity contribution in [1.29, 1.82) is 5.26 Å². The fraction of sp³-hybridized carbons (Fsp3) is 0.118. The maximum Gasteiger partial charge on any atom is 0.260 e. The lowest BCUT2D eigenvalue weighted by Gasteiger charge is -2.00. The highest BCUT2D eigenvalue weighted by Crippen LogP contribution is 2.27. The van der Waals surface area contributed by atoms with Crippen molar-refractivity contribution in [2.24, 2.45) is 0 Å². The van der Waals surface area contributed by atoms with Crippen molar-refractivity contribution in [3.05, 3.63) is 56.4 Å².